The summed E-state index contributed by atoms with van der Waals surface area (Å²) in [5, 5.41) is 26.9. The first-order chi connectivity index (χ1) is 49.3. The van der Waals surface area contributed by atoms with E-state index in [0.29, 0.717) is 33.7 Å². The molecular formula is C82H99Cl2N7O13. The van der Waals surface area contributed by atoms with Gasteiger partial charge in [-0.3, -0.25) is 28.8 Å². The number of amides is 7. The van der Waals surface area contributed by atoms with Crippen molar-refractivity contribution < 1.29 is 62.4 Å². The highest BCUT2D eigenvalue weighted by Gasteiger charge is 2.43. The van der Waals surface area contributed by atoms with E-state index in [4.69, 9.17) is 42.1 Å². The van der Waals surface area contributed by atoms with Gasteiger partial charge in [0, 0.05) is 23.6 Å². The molecule has 1 saturated heterocycles. The van der Waals surface area contributed by atoms with Crippen LogP contribution in [0.2, 0.25) is 5.02 Å². The van der Waals surface area contributed by atoms with E-state index in [1.807, 2.05) is 190 Å². The number of halogens is 2. The third kappa shape index (κ3) is 24.1. The SMILES string of the molecule is CC(C)C[C@H](NC(=O)[C@H](Cc1ccccc1)NC(=O)[C@H](COC(c1ccccc1)(c1ccccc1)c1ccccc1)NC(=O)[C@H](COC(C)(C)C)NC(=O)CNC(=O)OC(C)(C)C)C(=O)N[C@@H](COC(C)(C)C)C(=O)N1CCC[C@H]1C(=O)O.Clc1ccccc1C(Cl)(c1ccccc1)c1ccccc1. The lowest BCUT2D eigenvalue weighted by atomic mass is 9.80. The van der Waals surface area contributed by atoms with Crippen molar-refractivity contribution in [3.05, 3.63) is 250 Å². The Kier molecular flexibility index (Phi) is 29.8. The number of benzene rings is 7. The number of hydrogen-bond acceptors (Lipinski definition) is 12. The lowest BCUT2D eigenvalue weighted by molar-refractivity contribution is -0.151. The Hall–Kier alpha value is -9.44. The van der Waals surface area contributed by atoms with Gasteiger partial charge in [0.15, 0.2) is 0 Å². The van der Waals surface area contributed by atoms with Gasteiger partial charge in [0.05, 0.1) is 31.0 Å². The highest BCUT2D eigenvalue weighted by Crippen LogP contribution is 2.46. The van der Waals surface area contributed by atoms with Crippen LogP contribution in [0.3, 0.4) is 0 Å². The van der Waals surface area contributed by atoms with Crippen LogP contribution in [0.25, 0.3) is 0 Å². The molecule has 1 fully saturated rings. The Balaban J connectivity index is 0.000000608. The number of rotatable bonds is 30. The van der Waals surface area contributed by atoms with Gasteiger partial charge >= 0.3 is 12.1 Å². The monoisotopic (exact) mass is 1460 g/mol. The maximum atomic E-state index is 15.4. The number of aliphatic carboxylic acids is 1. The Labute approximate surface area is 621 Å². The van der Waals surface area contributed by atoms with E-state index in [1.54, 1.807) is 92.6 Å². The first-order valence-electron chi connectivity index (χ1n) is 35.0. The van der Waals surface area contributed by atoms with Crippen molar-refractivity contribution >= 4 is 70.7 Å². The Morgan fingerprint density at radius 1 is 0.481 bits per heavy atom. The fourth-order valence-electron chi connectivity index (χ4n) is 11.8. The molecule has 0 unspecified atom stereocenters. The number of carboxylic acids is 1. The predicted molar refractivity (Wildman–Crippen MR) is 403 cm³/mol. The number of alkyl carbamates (subject to hydrolysis) is 1. The number of carbonyl (C=O) groups excluding carboxylic acids is 7. The van der Waals surface area contributed by atoms with Crippen molar-refractivity contribution in [2.24, 2.45) is 5.92 Å². The molecule has 7 amide bonds. The van der Waals surface area contributed by atoms with Crippen LogP contribution in [0.15, 0.2) is 206 Å². The molecular weight excluding hydrogens is 1360 g/mol. The van der Waals surface area contributed by atoms with Crippen LogP contribution in [-0.2, 0) is 69.4 Å². The summed E-state index contributed by atoms with van der Waals surface area (Å²) in [5.74, 6) is -6.09. The third-order valence-corrected chi connectivity index (χ3v) is 17.7. The van der Waals surface area contributed by atoms with Gasteiger partial charge in [-0.05, 0) is 127 Å². The van der Waals surface area contributed by atoms with Crippen molar-refractivity contribution in [1.82, 2.24) is 36.8 Å². The van der Waals surface area contributed by atoms with E-state index >= 15 is 9.59 Å². The van der Waals surface area contributed by atoms with Gasteiger partial charge in [0.25, 0.3) is 0 Å². The smallest absolute Gasteiger partial charge is 0.408 e. The van der Waals surface area contributed by atoms with Gasteiger partial charge in [-0.25, -0.2) is 9.59 Å². The molecule has 0 aromatic heterocycles. The quantitative estimate of drug-likeness (QED) is 0.0163. The van der Waals surface area contributed by atoms with E-state index in [0.717, 1.165) is 16.7 Å². The Bertz CT molecular complexity index is 3800. The fraction of sp³-hybridized carbons (Fsp3) is 0.390. The van der Waals surface area contributed by atoms with Crippen LogP contribution < -0.4 is 31.9 Å². The second kappa shape index (κ2) is 37.8. The van der Waals surface area contributed by atoms with E-state index in [-0.39, 0.29) is 44.9 Å². The van der Waals surface area contributed by atoms with Crippen molar-refractivity contribution in [2.45, 2.75) is 165 Å². The van der Waals surface area contributed by atoms with Crippen LogP contribution in [0.1, 0.15) is 134 Å². The molecule has 0 spiro atoms. The van der Waals surface area contributed by atoms with Crippen molar-refractivity contribution in [3.8, 4) is 0 Å². The lowest BCUT2D eigenvalue weighted by Crippen LogP contribution is -2.61. The summed E-state index contributed by atoms with van der Waals surface area (Å²) in [6.45, 7) is 17.6. The van der Waals surface area contributed by atoms with Crippen molar-refractivity contribution in [3.63, 3.8) is 0 Å². The summed E-state index contributed by atoms with van der Waals surface area (Å²) in [5.41, 5.74) is 1.72. The number of likely N-dealkylation sites (tertiary alicyclic amines) is 1. The standard InChI is InChI=1S/C63H85N7O13.C19H14Cl2/c1-41(2)35-46(53(72)69-50(40-81-61(6,7)8)57(76)70-34-24-33-51(70)58(77)78)66-54(73)47(36-42-25-16-12-17-26-42)67-56(75)49(68-55(74)48(38-80-60(3,4)5)65-52(71)37-64-59(79)83-62(9,10)11)39-82-63(43-27-18-13-19-28-43,44-29-20-14-21-30-44)45-31-22-15-23-32-45;20-18-14-8-7-13-17(18)19(21,15-9-3-1-4-10-15)16-11-5-2-6-12-16/h12-23,25-32,41,46-51H,24,33-40H2,1-11H3,(H,64,79)(H,65,71)(H,66,73)(H,67,75)(H,68,74)(H,69,72)(H,77,78);1-14H/t46-,47-,48-,49-,50-,51-;/m0./s1. The molecule has 8 rings (SSSR count). The summed E-state index contributed by atoms with van der Waals surface area (Å²) in [6.07, 6.45) is -0.198. The van der Waals surface area contributed by atoms with Crippen LogP contribution in [0.4, 0.5) is 4.79 Å². The van der Waals surface area contributed by atoms with Crippen LogP contribution in [-0.4, -0.2) is 143 Å². The summed E-state index contributed by atoms with van der Waals surface area (Å²) < 4.78 is 24.4. The summed E-state index contributed by atoms with van der Waals surface area (Å²) in [7, 11) is 0. The van der Waals surface area contributed by atoms with Gasteiger partial charge < -0.3 is 60.9 Å². The number of carbonyl (C=O) groups is 8. The fourth-order valence-corrected chi connectivity index (χ4v) is 12.5. The van der Waals surface area contributed by atoms with Crippen molar-refractivity contribution in [1.29, 1.82) is 0 Å². The number of alkyl halides is 1. The number of nitrogens with one attached hydrogen (secondary N) is 6. The molecule has 1 heterocycles. The first-order valence-corrected chi connectivity index (χ1v) is 35.7. The van der Waals surface area contributed by atoms with Gasteiger partial charge in [-0.1, -0.05) is 226 Å². The van der Waals surface area contributed by atoms with E-state index in [1.165, 1.54) is 4.90 Å². The molecule has 20 nitrogen and oxygen atoms in total. The molecule has 7 aromatic rings. The highest BCUT2D eigenvalue weighted by molar-refractivity contribution is 6.34. The Morgan fingerprint density at radius 2 is 0.865 bits per heavy atom. The molecule has 0 saturated carbocycles. The van der Waals surface area contributed by atoms with Gasteiger partial charge in [0.2, 0.25) is 35.4 Å². The lowest BCUT2D eigenvalue weighted by Gasteiger charge is -2.37. The second-order valence-electron chi connectivity index (χ2n) is 28.9. The average molecular weight is 1460 g/mol. The molecule has 554 valence electrons. The number of hydrogen-bond donors (Lipinski definition) is 7. The average Bonchev–Trinajstić information content (AvgIpc) is 0.865. The molecule has 1 aliphatic heterocycles. The van der Waals surface area contributed by atoms with Gasteiger partial charge in [-0.15, -0.1) is 11.6 Å². The zero-order chi connectivity index (χ0) is 75.8. The maximum Gasteiger partial charge on any atom is 0.408 e. The Morgan fingerprint density at radius 3 is 1.32 bits per heavy atom. The number of ether oxygens (including phenoxy) is 4. The molecule has 7 N–H and O–H groups in total. The molecule has 0 radical (unpaired) electrons. The van der Waals surface area contributed by atoms with Crippen molar-refractivity contribution in [2.75, 3.05) is 32.9 Å². The van der Waals surface area contributed by atoms with E-state index in [2.05, 4.69) is 31.9 Å². The van der Waals surface area contributed by atoms with E-state index in [9.17, 15) is 33.9 Å². The molecule has 1 aliphatic rings. The minimum absolute atomic E-state index is 0.0795. The summed E-state index contributed by atoms with van der Waals surface area (Å²) >= 11 is 13.6. The molecule has 7 aromatic carbocycles. The number of carboxylic acid groups (broad SMARTS) is 1. The highest BCUT2D eigenvalue weighted by atomic mass is 35.5. The molecule has 22 heteroatoms. The minimum Gasteiger partial charge on any atom is -0.480 e. The summed E-state index contributed by atoms with van der Waals surface area (Å²) in [4.78, 5) is 113. The third-order valence-electron chi connectivity index (χ3n) is 16.7. The zero-order valence-electron chi connectivity index (χ0n) is 61.1. The summed E-state index contributed by atoms with van der Waals surface area (Å²) in [6, 6.07) is 56.4. The predicted octanol–water partition coefficient (Wildman–Crippen LogP) is 11.8. The molecule has 6 atom stereocenters. The maximum absolute atomic E-state index is 15.4. The van der Waals surface area contributed by atoms with Gasteiger partial charge in [-0.2, -0.15) is 0 Å². The molecule has 0 aliphatic carbocycles. The van der Waals surface area contributed by atoms with Crippen LogP contribution >= 0.6 is 23.2 Å². The molecule has 0 bridgehead atoms. The minimum atomic E-state index is -1.62. The first kappa shape index (κ1) is 81.9. The van der Waals surface area contributed by atoms with E-state index < -0.39 is 124 Å². The second-order valence-corrected chi connectivity index (χ2v) is 29.8. The van der Waals surface area contributed by atoms with Crippen LogP contribution in [0.5, 0.6) is 0 Å². The van der Waals surface area contributed by atoms with Crippen LogP contribution in [0, 0.1) is 5.92 Å². The normalized spacial score (nSPS) is 14.8. The molecule has 104 heavy (non-hydrogen) atoms. The largest absolute Gasteiger partial charge is 0.480 e. The van der Waals surface area contributed by atoms with Gasteiger partial charge in [0.1, 0.15) is 58.9 Å². The zero-order valence-corrected chi connectivity index (χ0v) is 62.6. The topological polar surface area (TPSA) is 269 Å². The number of nitrogens with zero attached hydrogens (tertiary/aromatic N) is 1.